The van der Waals surface area contributed by atoms with Gasteiger partial charge in [0.25, 0.3) is 0 Å². The van der Waals surface area contributed by atoms with E-state index in [1.54, 1.807) is 0 Å². The van der Waals surface area contributed by atoms with Crippen LogP contribution in [0.25, 0.3) is 0 Å². The van der Waals surface area contributed by atoms with Gasteiger partial charge < -0.3 is 10.8 Å². The average Bonchev–Trinajstić information content (AvgIpc) is 1.67. The molecule has 0 fully saturated rings. The molecule has 0 amide bonds. The lowest BCUT2D eigenvalue weighted by molar-refractivity contribution is -0.118. The number of aliphatic hydroxyl groups excluding tert-OH is 1. The topological polar surface area (TPSA) is 63.3 Å². The molecule has 0 heterocycles. The highest BCUT2D eigenvalue weighted by molar-refractivity contribution is 5.81. The molecule has 0 spiro atoms. The van der Waals surface area contributed by atoms with Crippen LogP contribution in [0.4, 0.5) is 0 Å². The van der Waals surface area contributed by atoms with Crippen molar-refractivity contribution in [2.45, 2.75) is 19.4 Å². The van der Waals surface area contributed by atoms with E-state index < -0.39 is 6.04 Å². The van der Waals surface area contributed by atoms with Crippen molar-refractivity contribution in [2.75, 3.05) is 6.61 Å². The maximum atomic E-state index is 10.3. The van der Waals surface area contributed by atoms with Gasteiger partial charge in [0.05, 0.1) is 6.04 Å². The van der Waals surface area contributed by atoms with Crippen LogP contribution in [-0.2, 0) is 4.79 Å². The molecule has 0 rings (SSSR count). The van der Waals surface area contributed by atoms with E-state index in [0.717, 1.165) is 0 Å². The van der Waals surface area contributed by atoms with E-state index in [4.69, 9.17) is 10.8 Å². The number of hydrogen-bond acceptors (Lipinski definition) is 3. The van der Waals surface area contributed by atoms with Crippen LogP contribution in [0.3, 0.4) is 0 Å². The molecule has 0 bridgehead atoms. The van der Waals surface area contributed by atoms with Gasteiger partial charge in [-0.1, -0.05) is 0 Å². The van der Waals surface area contributed by atoms with Crippen molar-refractivity contribution in [3.05, 3.63) is 0 Å². The lowest BCUT2D eigenvalue weighted by atomic mass is 10.2. The van der Waals surface area contributed by atoms with E-state index in [1.807, 2.05) is 0 Å². The molecule has 0 saturated carbocycles. The molecule has 8 heavy (non-hydrogen) atoms. The molecule has 48 valence electrons. The first-order chi connectivity index (χ1) is 3.68. The Morgan fingerprint density at radius 1 is 1.88 bits per heavy atom. The van der Waals surface area contributed by atoms with Crippen molar-refractivity contribution in [2.24, 2.45) is 5.73 Å². The van der Waals surface area contributed by atoms with Crippen molar-refractivity contribution >= 4 is 5.78 Å². The maximum Gasteiger partial charge on any atom is 0.146 e. The summed E-state index contributed by atoms with van der Waals surface area (Å²) >= 11 is 0. The summed E-state index contributed by atoms with van der Waals surface area (Å²) in [5.74, 6) is -0.0703. The van der Waals surface area contributed by atoms with Crippen LogP contribution >= 0.6 is 0 Å². The Hall–Kier alpha value is -0.410. The first kappa shape index (κ1) is 7.59. The number of aliphatic hydroxyl groups is 1. The third-order valence-corrected chi connectivity index (χ3v) is 0.962. The largest absolute Gasteiger partial charge is 0.396 e. The van der Waals surface area contributed by atoms with Crippen molar-refractivity contribution in [3.8, 4) is 0 Å². The van der Waals surface area contributed by atoms with Gasteiger partial charge in [-0.05, 0) is 13.3 Å². The van der Waals surface area contributed by atoms with E-state index in [1.165, 1.54) is 6.92 Å². The minimum absolute atomic E-state index is 0.0131. The van der Waals surface area contributed by atoms with Crippen LogP contribution in [-0.4, -0.2) is 23.5 Å². The molecule has 0 unspecified atom stereocenters. The van der Waals surface area contributed by atoms with Crippen molar-refractivity contribution < 1.29 is 9.90 Å². The number of carbonyl (C=O) groups is 1. The Bertz CT molecular complexity index is 82.5. The molecule has 3 N–H and O–H groups in total. The summed E-state index contributed by atoms with van der Waals surface area (Å²) in [5, 5.41) is 8.25. The molecular weight excluding hydrogens is 106 g/mol. The molecule has 0 aliphatic heterocycles. The molecule has 0 aliphatic rings. The summed E-state index contributed by atoms with van der Waals surface area (Å²) in [6.07, 6.45) is 0.370. The molecule has 1 atom stereocenters. The first-order valence-corrected chi connectivity index (χ1v) is 2.55. The number of carbonyl (C=O) groups excluding carboxylic acids is 1. The third kappa shape index (κ3) is 2.71. The molecule has 3 nitrogen and oxygen atoms in total. The van der Waals surface area contributed by atoms with Crippen LogP contribution in [0.2, 0.25) is 0 Å². The zero-order valence-electron chi connectivity index (χ0n) is 4.92. The number of ketones is 1. The minimum atomic E-state index is -0.472. The maximum absolute atomic E-state index is 10.3. The van der Waals surface area contributed by atoms with Gasteiger partial charge in [0.2, 0.25) is 0 Å². The summed E-state index contributed by atoms with van der Waals surface area (Å²) in [6.45, 7) is 1.40. The molecule has 0 aromatic carbocycles. The Labute approximate surface area is 48.5 Å². The smallest absolute Gasteiger partial charge is 0.146 e. The van der Waals surface area contributed by atoms with Gasteiger partial charge in [0.15, 0.2) is 0 Å². The zero-order valence-corrected chi connectivity index (χ0v) is 4.92. The third-order valence-electron chi connectivity index (χ3n) is 0.962. The molecule has 0 aliphatic carbocycles. The number of hydrogen-bond donors (Lipinski definition) is 2. The second-order valence-corrected chi connectivity index (χ2v) is 1.73. The summed E-state index contributed by atoms with van der Waals surface area (Å²) < 4.78 is 0. The Balaban J connectivity index is 3.32. The fourth-order valence-corrected chi connectivity index (χ4v) is 0.342. The fourth-order valence-electron chi connectivity index (χ4n) is 0.342. The average molecular weight is 117 g/mol. The monoisotopic (exact) mass is 117 g/mol. The lowest BCUT2D eigenvalue weighted by Gasteiger charge is -2.01. The van der Waals surface area contributed by atoms with Crippen molar-refractivity contribution in [1.82, 2.24) is 0 Å². The summed E-state index contributed by atoms with van der Waals surface area (Å²) in [5.41, 5.74) is 5.22. The summed E-state index contributed by atoms with van der Waals surface area (Å²) in [7, 11) is 0. The Kier molecular flexibility index (Phi) is 3.39. The van der Waals surface area contributed by atoms with E-state index in [0.29, 0.717) is 6.42 Å². The highest BCUT2D eigenvalue weighted by Gasteiger charge is 2.04. The van der Waals surface area contributed by atoms with Crippen LogP contribution in [0.1, 0.15) is 13.3 Å². The standard InChI is InChI=1S/C5H11NO2/c1-4(8)5(6)2-3-7/h5,7H,2-3,6H2,1H3/t5-/m0/s1. The van der Waals surface area contributed by atoms with Crippen molar-refractivity contribution in [3.63, 3.8) is 0 Å². The van der Waals surface area contributed by atoms with E-state index in [2.05, 4.69) is 0 Å². The van der Waals surface area contributed by atoms with Crippen molar-refractivity contribution in [1.29, 1.82) is 0 Å². The SMILES string of the molecule is CC(=O)[C@@H](N)CCO. The molecule has 0 saturated heterocycles. The molecular formula is C5H11NO2. The van der Waals surface area contributed by atoms with E-state index in [-0.39, 0.29) is 12.4 Å². The van der Waals surface area contributed by atoms with E-state index in [9.17, 15) is 4.79 Å². The van der Waals surface area contributed by atoms with Gasteiger partial charge in [-0.3, -0.25) is 4.79 Å². The van der Waals surface area contributed by atoms with Crippen LogP contribution in [0.5, 0.6) is 0 Å². The van der Waals surface area contributed by atoms with Crippen LogP contribution < -0.4 is 5.73 Å². The Morgan fingerprint density at radius 2 is 2.38 bits per heavy atom. The number of Topliss-reactive ketones (excluding diaryl/α,β-unsaturated/α-hetero) is 1. The van der Waals surface area contributed by atoms with Gasteiger partial charge in [0.1, 0.15) is 5.78 Å². The van der Waals surface area contributed by atoms with Crippen LogP contribution in [0, 0.1) is 0 Å². The van der Waals surface area contributed by atoms with Gasteiger partial charge in [-0.25, -0.2) is 0 Å². The highest BCUT2D eigenvalue weighted by Crippen LogP contribution is 1.85. The number of rotatable bonds is 3. The fraction of sp³-hybridized carbons (Fsp3) is 0.800. The summed E-state index contributed by atoms with van der Waals surface area (Å²) in [4.78, 5) is 10.3. The lowest BCUT2D eigenvalue weighted by Crippen LogP contribution is -2.28. The second kappa shape index (κ2) is 3.57. The van der Waals surface area contributed by atoms with Gasteiger partial charge in [-0.15, -0.1) is 0 Å². The van der Waals surface area contributed by atoms with Gasteiger partial charge in [0, 0.05) is 6.61 Å². The Morgan fingerprint density at radius 3 is 2.50 bits per heavy atom. The predicted molar refractivity (Wildman–Crippen MR) is 30.4 cm³/mol. The number of nitrogens with two attached hydrogens (primary N) is 1. The normalized spacial score (nSPS) is 13.4. The second-order valence-electron chi connectivity index (χ2n) is 1.73. The first-order valence-electron chi connectivity index (χ1n) is 2.55. The molecule has 3 heteroatoms. The van der Waals surface area contributed by atoms with E-state index >= 15 is 0 Å². The summed E-state index contributed by atoms with van der Waals surface area (Å²) in [6, 6.07) is -0.472. The predicted octanol–water partition coefficient (Wildman–Crippen LogP) is -0.715. The minimum Gasteiger partial charge on any atom is -0.396 e. The zero-order chi connectivity index (χ0) is 6.57. The highest BCUT2D eigenvalue weighted by atomic mass is 16.3. The quantitative estimate of drug-likeness (QED) is 0.513. The van der Waals surface area contributed by atoms with Gasteiger partial charge in [-0.2, -0.15) is 0 Å². The van der Waals surface area contributed by atoms with Gasteiger partial charge >= 0.3 is 0 Å². The molecule has 0 radical (unpaired) electrons. The molecule has 0 aromatic heterocycles. The molecule has 0 aromatic rings. The van der Waals surface area contributed by atoms with Crippen LogP contribution in [0.15, 0.2) is 0 Å².